The van der Waals surface area contributed by atoms with Crippen molar-refractivity contribution in [3.63, 3.8) is 0 Å². The van der Waals surface area contributed by atoms with E-state index in [0.717, 1.165) is 42.0 Å². The van der Waals surface area contributed by atoms with Gasteiger partial charge >= 0.3 is 0 Å². The van der Waals surface area contributed by atoms with Gasteiger partial charge in [0.2, 0.25) is 5.91 Å². The van der Waals surface area contributed by atoms with Crippen LogP contribution in [0.3, 0.4) is 0 Å². The Kier molecular flexibility index (Phi) is 5.39. The maximum atomic E-state index is 12.6. The topological polar surface area (TPSA) is 98.0 Å². The summed E-state index contributed by atoms with van der Waals surface area (Å²) in [6.45, 7) is 3.70. The van der Waals surface area contributed by atoms with Crippen LogP contribution in [0.1, 0.15) is 46.3 Å². The van der Waals surface area contributed by atoms with Crippen LogP contribution >= 0.6 is 23.1 Å². The molecule has 1 atom stereocenters. The highest BCUT2D eigenvalue weighted by atomic mass is 32.2. The number of anilines is 1. The number of nitrogens with one attached hydrogen (secondary N) is 1. The number of carbonyl (C=O) groups excluding carboxylic acids is 2. The van der Waals surface area contributed by atoms with Crippen LogP contribution in [-0.4, -0.2) is 27.0 Å². The first-order valence-corrected chi connectivity index (χ1v) is 9.86. The molecule has 3 N–H and O–H groups in total. The molecule has 1 aliphatic rings. The second kappa shape index (κ2) is 7.53. The molecule has 0 saturated carbocycles. The number of nitrogens with two attached hydrogens (primary N) is 1. The molecule has 1 aliphatic carbocycles. The number of hydrogen-bond acceptors (Lipinski definition) is 6. The van der Waals surface area contributed by atoms with Gasteiger partial charge in [-0.05, 0) is 51.2 Å². The number of thiophene rings is 1. The Morgan fingerprint density at radius 2 is 2.08 bits per heavy atom. The van der Waals surface area contributed by atoms with Crippen molar-refractivity contribution in [1.82, 2.24) is 9.97 Å². The lowest BCUT2D eigenvalue weighted by molar-refractivity contribution is -0.115. The van der Waals surface area contributed by atoms with Gasteiger partial charge in [0.1, 0.15) is 16.4 Å². The number of hydrogen-bond donors (Lipinski definition) is 2. The van der Waals surface area contributed by atoms with Crippen molar-refractivity contribution in [2.75, 3.05) is 5.32 Å². The summed E-state index contributed by atoms with van der Waals surface area (Å²) in [5.74, 6) is -0.635. The highest BCUT2D eigenvalue weighted by molar-refractivity contribution is 8.00. The summed E-state index contributed by atoms with van der Waals surface area (Å²) < 4.78 is 0. The van der Waals surface area contributed by atoms with Crippen molar-refractivity contribution in [2.24, 2.45) is 5.73 Å². The van der Waals surface area contributed by atoms with Crippen molar-refractivity contribution in [3.05, 3.63) is 34.1 Å². The maximum Gasteiger partial charge on any atom is 0.251 e. The van der Waals surface area contributed by atoms with Crippen LogP contribution in [0.2, 0.25) is 0 Å². The van der Waals surface area contributed by atoms with Crippen molar-refractivity contribution in [3.8, 4) is 0 Å². The Hall–Kier alpha value is -1.93. The van der Waals surface area contributed by atoms with E-state index in [1.807, 2.05) is 19.9 Å². The fraction of sp³-hybridized carbons (Fsp3) is 0.412. The summed E-state index contributed by atoms with van der Waals surface area (Å²) in [6, 6.07) is 1.84. The van der Waals surface area contributed by atoms with Crippen LogP contribution in [0.15, 0.2) is 17.4 Å². The van der Waals surface area contributed by atoms with Crippen LogP contribution < -0.4 is 11.1 Å². The third-order valence-corrected chi connectivity index (χ3v) is 6.34. The number of thioether (sulfide) groups is 1. The van der Waals surface area contributed by atoms with Crippen LogP contribution in [0.5, 0.6) is 0 Å². The summed E-state index contributed by atoms with van der Waals surface area (Å²) in [4.78, 5) is 33.8. The van der Waals surface area contributed by atoms with E-state index in [4.69, 9.17) is 5.73 Å². The van der Waals surface area contributed by atoms with Gasteiger partial charge in [0.05, 0.1) is 10.8 Å². The van der Waals surface area contributed by atoms with E-state index < -0.39 is 5.91 Å². The van der Waals surface area contributed by atoms with Crippen molar-refractivity contribution in [2.45, 2.75) is 49.8 Å². The molecule has 2 heterocycles. The van der Waals surface area contributed by atoms with E-state index in [-0.39, 0.29) is 11.2 Å². The molecular weight excluding hydrogens is 356 g/mol. The number of rotatable bonds is 5. The number of aryl methyl sites for hydroxylation is 2. The van der Waals surface area contributed by atoms with E-state index in [9.17, 15) is 9.59 Å². The van der Waals surface area contributed by atoms with Crippen LogP contribution in [-0.2, 0) is 17.6 Å². The predicted molar refractivity (Wildman–Crippen MR) is 100 cm³/mol. The van der Waals surface area contributed by atoms with Crippen molar-refractivity contribution in [1.29, 1.82) is 0 Å². The number of nitrogens with zero attached hydrogens (tertiary/aromatic N) is 2. The summed E-state index contributed by atoms with van der Waals surface area (Å²) in [6.07, 6.45) is 5.45. The minimum absolute atomic E-state index is 0.164. The largest absolute Gasteiger partial charge is 0.365 e. The third-order valence-electron chi connectivity index (χ3n) is 4.10. The highest BCUT2D eigenvalue weighted by Crippen LogP contribution is 2.38. The molecule has 0 saturated heterocycles. The zero-order chi connectivity index (χ0) is 18.0. The molecule has 2 amide bonds. The Morgan fingerprint density at radius 3 is 2.80 bits per heavy atom. The van der Waals surface area contributed by atoms with Crippen LogP contribution in [0.4, 0.5) is 5.00 Å². The number of aromatic nitrogens is 2. The molecule has 2 aromatic rings. The molecule has 0 bridgehead atoms. The van der Waals surface area contributed by atoms with Crippen molar-refractivity contribution < 1.29 is 9.59 Å². The van der Waals surface area contributed by atoms with Gasteiger partial charge in [-0.1, -0.05) is 11.8 Å². The van der Waals surface area contributed by atoms with Crippen LogP contribution in [0.25, 0.3) is 0 Å². The lowest BCUT2D eigenvalue weighted by Gasteiger charge is -2.12. The Balaban J connectivity index is 1.76. The predicted octanol–water partition coefficient (Wildman–Crippen LogP) is 2.94. The van der Waals surface area contributed by atoms with E-state index in [1.54, 1.807) is 0 Å². The molecule has 3 rings (SSSR count). The van der Waals surface area contributed by atoms with Gasteiger partial charge in [-0.3, -0.25) is 9.59 Å². The van der Waals surface area contributed by atoms with E-state index in [0.29, 0.717) is 10.6 Å². The summed E-state index contributed by atoms with van der Waals surface area (Å²) in [5, 5.41) is 3.87. The smallest absolute Gasteiger partial charge is 0.251 e. The minimum Gasteiger partial charge on any atom is -0.365 e. The zero-order valence-corrected chi connectivity index (χ0v) is 15.8. The number of fused-ring (bicyclic) bond motifs is 1. The number of carbonyl (C=O) groups is 2. The quantitative estimate of drug-likeness (QED) is 0.617. The number of amides is 2. The van der Waals surface area contributed by atoms with Gasteiger partial charge < -0.3 is 11.1 Å². The molecule has 8 heteroatoms. The first-order valence-electron chi connectivity index (χ1n) is 8.16. The van der Waals surface area contributed by atoms with Gasteiger partial charge in [-0.2, -0.15) is 0 Å². The first kappa shape index (κ1) is 17.9. The van der Waals surface area contributed by atoms with Gasteiger partial charge in [-0.15, -0.1) is 11.3 Å². The second-order valence-electron chi connectivity index (χ2n) is 6.03. The maximum absolute atomic E-state index is 12.6. The monoisotopic (exact) mass is 376 g/mol. The normalized spacial score (nSPS) is 14.6. The SMILES string of the molecule is Cc1cc(SC(C)C(=O)Nc2sc3c(c2C(N)=O)CCCC3)ncn1. The van der Waals surface area contributed by atoms with Gasteiger partial charge in [-0.25, -0.2) is 9.97 Å². The Bertz CT molecular complexity index is 819. The first-order chi connectivity index (χ1) is 12.0. The average Bonchev–Trinajstić information content (AvgIpc) is 2.92. The second-order valence-corrected chi connectivity index (χ2v) is 8.49. The lowest BCUT2D eigenvalue weighted by atomic mass is 9.95. The average molecular weight is 377 g/mol. The fourth-order valence-corrected chi connectivity index (χ4v) is 5.03. The molecular formula is C17H20N4O2S2. The lowest BCUT2D eigenvalue weighted by Crippen LogP contribution is -2.24. The van der Waals surface area contributed by atoms with Crippen LogP contribution in [0, 0.1) is 6.92 Å². The molecule has 6 nitrogen and oxygen atoms in total. The molecule has 0 spiro atoms. The molecule has 0 radical (unpaired) electrons. The minimum atomic E-state index is -0.471. The molecule has 0 aliphatic heterocycles. The van der Waals surface area contributed by atoms with E-state index >= 15 is 0 Å². The fourth-order valence-electron chi connectivity index (χ4n) is 2.86. The summed E-state index contributed by atoms with van der Waals surface area (Å²) >= 11 is 2.84. The van der Waals surface area contributed by atoms with E-state index in [2.05, 4.69) is 15.3 Å². The molecule has 0 fully saturated rings. The van der Waals surface area contributed by atoms with Gasteiger partial charge in [0, 0.05) is 10.6 Å². The van der Waals surface area contributed by atoms with Crippen molar-refractivity contribution >= 4 is 39.9 Å². The molecule has 1 unspecified atom stereocenters. The summed E-state index contributed by atoms with van der Waals surface area (Å²) in [7, 11) is 0. The molecule has 2 aromatic heterocycles. The van der Waals surface area contributed by atoms with E-state index in [1.165, 1.54) is 34.3 Å². The number of primary amides is 1. The third kappa shape index (κ3) is 4.01. The summed E-state index contributed by atoms with van der Waals surface area (Å²) in [5.41, 5.74) is 7.93. The molecule has 132 valence electrons. The van der Waals surface area contributed by atoms with Gasteiger partial charge in [0.25, 0.3) is 5.91 Å². The molecule has 25 heavy (non-hydrogen) atoms. The van der Waals surface area contributed by atoms with Gasteiger partial charge in [0.15, 0.2) is 0 Å². The Morgan fingerprint density at radius 1 is 1.32 bits per heavy atom. The molecule has 0 aromatic carbocycles. The highest BCUT2D eigenvalue weighted by Gasteiger charge is 2.26. The Labute approximate surface area is 154 Å². The zero-order valence-electron chi connectivity index (χ0n) is 14.2. The standard InChI is InChI=1S/C17H20N4O2S2/c1-9-7-13(20-8-19-9)24-10(2)16(23)21-17-14(15(18)22)11-5-3-4-6-12(11)25-17/h7-8,10H,3-6H2,1-2H3,(H2,18,22)(H,21,23).